The van der Waals surface area contributed by atoms with E-state index in [1.54, 1.807) is 17.5 Å². The quantitative estimate of drug-likeness (QED) is 0.857. The first-order chi connectivity index (χ1) is 7.58. The Morgan fingerprint density at radius 2 is 2.12 bits per heavy atom. The summed E-state index contributed by atoms with van der Waals surface area (Å²) >= 11 is 1.23. The van der Waals surface area contributed by atoms with Gasteiger partial charge in [-0.3, -0.25) is 0 Å². The Balaban J connectivity index is 2.20. The predicted molar refractivity (Wildman–Crippen MR) is 64.9 cm³/mol. The van der Waals surface area contributed by atoms with Crippen LogP contribution in [0.4, 0.5) is 0 Å². The summed E-state index contributed by atoms with van der Waals surface area (Å²) in [4.78, 5) is 0. The molecule has 0 radical (unpaired) electrons. The third-order valence-corrected chi connectivity index (χ3v) is 6.04. The van der Waals surface area contributed by atoms with Gasteiger partial charge in [-0.05, 0) is 24.3 Å². The lowest BCUT2D eigenvalue weighted by atomic mass is 10.0. The Morgan fingerprint density at radius 3 is 2.62 bits per heavy atom. The van der Waals surface area contributed by atoms with Crippen LogP contribution < -0.4 is 10.5 Å². The maximum absolute atomic E-state index is 12.1. The van der Waals surface area contributed by atoms with Crippen molar-refractivity contribution < 1.29 is 8.42 Å². The zero-order valence-corrected chi connectivity index (χ0v) is 10.6. The Labute approximate surface area is 99.9 Å². The summed E-state index contributed by atoms with van der Waals surface area (Å²) in [5.41, 5.74) is 5.29. The molecule has 0 saturated heterocycles. The van der Waals surface area contributed by atoms with Crippen LogP contribution in [0.5, 0.6) is 0 Å². The average Bonchev–Trinajstić information content (AvgIpc) is 2.87. The summed E-state index contributed by atoms with van der Waals surface area (Å²) in [6.07, 6.45) is 3.77. The molecule has 0 amide bonds. The van der Waals surface area contributed by atoms with E-state index in [1.165, 1.54) is 11.3 Å². The van der Waals surface area contributed by atoms with E-state index in [4.69, 9.17) is 5.73 Å². The standard InChI is InChI=1S/C10H16N2O2S2/c11-8-10(5-1-2-6-10)12-16(13,14)9-4-3-7-15-9/h3-4,7,12H,1-2,5-6,8,11H2. The minimum Gasteiger partial charge on any atom is -0.329 e. The lowest BCUT2D eigenvalue weighted by Gasteiger charge is -2.27. The first-order valence-electron chi connectivity index (χ1n) is 5.36. The van der Waals surface area contributed by atoms with E-state index in [2.05, 4.69) is 4.72 Å². The second-order valence-corrected chi connectivity index (χ2v) is 7.09. The molecule has 1 fully saturated rings. The van der Waals surface area contributed by atoms with Crippen molar-refractivity contribution in [3.63, 3.8) is 0 Å². The molecule has 0 spiro atoms. The van der Waals surface area contributed by atoms with E-state index in [1.807, 2.05) is 0 Å². The number of nitrogens with one attached hydrogen (secondary N) is 1. The zero-order valence-electron chi connectivity index (χ0n) is 8.98. The van der Waals surface area contributed by atoms with Gasteiger partial charge >= 0.3 is 0 Å². The lowest BCUT2D eigenvalue weighted by Crippen LogP contribution is -2.51. The van der Waals surface area contributed by atoms with Gasteiger partial charge in [0.2, 0.25) is 0 Å². The molecule has 0 aromatic carbocycles. The number of nitrogens with two attached hydrogens (primary N) is 1. The highest BCUT2D eigenvalue weighted by Gasteiger charge is 2.36. The van der Waals surface area contributed by atoms with Crippen LogP contribution >= 0.6 is 11.3 Å². The van der Waals surface area contributed by atoms with Crippen LogP contribution in [0.3, 0.4) is 0 Å². The topological polar surface area (TPSA) is 72.2 Å². The van der Waals surface area contributed by atoms with Gasteiger partial charge in [0.05, 0.1) is 0 Å². The summed E-state index contributed by atoms with van der Waals surface area (Å²) in [5.74, 6) is 0. The molecule has 1 aromatic heterocycles. The number of thiophene rings is 1. The van der Waals surface area contributed by atoms with Gasteiger partial charge in [-0.1, -0.05) is 18.9 Å². The van der Waals surface area contributed by atoms with Crippen LogP contribution in [-0.2, 0) is 10.0 Å². The molecule has 4 nitrogen and oxygen atoms in total. The fourth-order valence-corrected chi connectivity index (χ4v) is 4.61. The summed E-state index contributed by atoms with van der Waals surface area (Å²) in [7, 11) is -3.38. The highest BCUT2D eigenvalue weighted by atomic mass is 32.2. The molecule has 1 aliphatic carbocycles. The van der Waals surface area contributed by atoms with Gasteiger partial charge < -0.3 is 5.73 Å². The summed E-state index contributed by atoms with van der Waals surface area (Å²) in [6, 6.07) is 3.36. The van der Waals surface area contributed by atoms with Gasteiger partial charge in [0.1, 0.15) is 4.21 Å². The maximum atomic E-state index is 12.1. The van der Waals surface area contributed by atoms with Crippen molar-refractivity contribution in [2.45, 2.75) is 35.4 Å². The Hall–Kier alpha value is -0.430. The number of hydrogen-bond acceptors (Lipinski definition) is 4. The largest absolute Gasteiger partial charge is 0.329 e. The summed E-state index contributed by atoms with van der Waals surface area (Å²) in [6.45, 7) is 0.373. The Bertz CT molecular complexity index is 433. The molecule has 0 bridgehead atoms. The molecule has 16 heavy (non-hydrogen) atoms. The molecule has 2 rings (SSSR count). The van der Waals surface area contributed by atoms with E-state index >= 15 is 0 Å². The van der Waals surface area contributed by atoms with Gasteiger partial charge in [0.25, 0.3) is 10.0 Å². The average molecular weight is 260 g/mol. The third kappa shape index (κ3) is 2.29. The molecule has 1 saturated carbocycles. The number of sulfonamides is 1. The monoisotopic (exact) mass is 260 g/mol. The molecule has 90 valence electrons. The van der Waals surface area contributed by atoms with Crippen molar-refractivity contribution in [3.05, 3.63) is 17.5 Å². The zero-order chi connectivity index (χ0) is 11.6. The Morgan fingerprint density at radius 1 is 1.44 bits per heavy atom. The van der Waals surface area contributed by atoms with Crippen LogP contribution in [-0.4, -0.2) is 20.5 Å². The molecule has 0 unspecified atom stereocenters. The van der Waals surface area contributed by atoms with Gasteiger partial charge in [0, 0.05) is 12.1 Å². The minimum atomic E-state index is -3.38. The number of hydrogen-bond donors (Lipinski definition) is 2. The fourth-order valence-electron chi connectivity index (χ4n) is 2.15. The molecule has 0 aliphatic heterocycles. The Kier molecular flexibility index (Phi) is 3.34. The van der Waals surface area contributed by atoms with Crippen LogP contribution in [0, 0.1) is 0 Å². The van der Waals surface area contributed by atoms with Gasteiger partial charge in [0.15, 0.2) is 0 Å². The first kappa shape index (κ1) is 12.0. The number of rotatable bonds is 4. The maximum Gasteiger partial charge on any atom is 0.250 e. The molecular weight excluding hydrogens is 244 g/mol. The molecule has 3 N–H and O–H groups in total. The third-order valence-electron chi connectivity index (χ3n) is 3.06. The lowest BCUT2D eigenvalue weighted by molar-refractivity contribution is 0.400. The van der Waals surface area contributed by atoms with Crippen LogP contribution in [0.1, 0.15) is 25.7 Å². The molecule has 1 heterocycles. The van der Waals surface area contributed by atoms with Crippen molar-refractivity contribution in [2.75, 3.05) is 6.54 Å². The molecule has 1 aromatic rings. The highest BCUT2D eigenvalue weighted by molar-refractivity contribution is 7.91. The predicted octanol–water partition coefficient (Wildman–Crippen LogP) is 1.30. The normalized spacial score (nSPS) is 20.1. The van der Waals surface area contributed by atoms with Crippen LogP contribution in [0.25, 0.3) is 0 Å². The van der Waals surface area contributed by atoms with Crippen LogP contribution in [0.15, 0.2) is 21.7 Å². The molecule has 0 atom stereocenters. The molecular formula is C10H16N2O2S2. The van der Waals surface area contributed by atoms with E-state index < -0.39 is 15.6 Å². The van der Waals surface area contributed by atoms with E-state index in [9.17, 15) is 8.42 Å². The smallest absolute Gasteiger partial charge is 0.250 e. The van der Waals surface area contributed by atoms with Gasteiger partial charge in [-0.15, -0.1) is 11.3 Å². The molecule has 6 heteroatoms. The van der Waals surface area contributed by atoms with Crippen molar-refractivity contribution in [2.24, 2.45) is 5.73 Å². The van der Waals surface area contributed by atoms with Crippen molar-refractivity contribution >= 4 is 21.4 Å². The summed E-state index contributed by atoms with van der Waals surface area (Å²) < 4.78 is 27.3. The van der Waals surface area contributed by atoms with Crippen molar-refractivity contribution in [1.29, 1.82) is 0 Å². The van der Waals surface area contributed by atoms with E-state index in [0.717, 1.165) is 25.7 Å². The van der Waals surface area contributed by atoms with Crippen molar-refractivity contribution in [3.8, 4) is 0 Å². The first-order valence-corrected chi connectivity index (χ1v) is 7.72. The second-order valence-electron chi connectivity index (χ2n) is 4.23. The van der Waals surface area contributed by atoms with Crippen LogP contribution in [0.2, 0.25) is 0 Å². The van der Waals surface area contributed by atoms with Crippen molar-refractivity contribution in [1.82, 2.24) is 4.72 Å². The highest BCUT2D eigenvalue weighted by Crippen LogP contribution is 2.30. The fraction of sp³-hybridized carbons (Fsp3) is 0.600. The minimum absolute atomic E-state index is 0.368. The SMILES string of the molecule is NCC1(NS(=O)(=O)c2cccs2)CCCC1. The van der Waals surface area contributed by atoms with E-state index in [-0.39, 0.29) is 0 Å². The summed E-state index contributed by atoms with van der Waals surface area (Å²) in [5, 5.41) is 1.76. The van der Waals surface area contributed by atoms with Gasteiger partial charge in [-0.25, -0.2) is 13.1 Å². The second kappa shape index (κ2) is 4.44. The van der Waals surface area contributed by atoms with Gasteiger partial charge in [-0.2, -0.15) is 0 Å². The molecule has 1 aliphatic rings. The van der Waals surface area contributed by atoms with E-state index in [0.29, 0.717) is 10.8 Å².